The van der Waals surface area contributed by atoms with Crippen molar-refractivity contribution in [1.82, 2.24) is 9.13 Å². The van der Waals surface area contributed by atoms with Gasteiger partial charge in [0, 0.05) is 44.2 Å². The summed E-state index contributed by atoms with van der Waals surface area (Å²) in [5.74, 6) is 0. The molecule has 0 bridgehead atoms. The van der Waals surface area contributed by atoms with Gasteiger partial charge in [0.2, 0.25) is 0 Å². The molecule has 0 radical (unpaired) electrons. The van der Waals surface area contributed by atoms with Crippen LogP contribution in [0.25, 0.3) is 61.3 Å². The zero-order valence-electron chi connectivity index (χ0n) is 33.9. The molecule has 0 fully saturated rings. The Bertz CT molecular complexity index is 3270. The number of rotatable bonds is 6. The summed E-state index contributed by atoms with van der Waals surface area (Å²) < 4.78 is 5.04. The van der Waals surface area contributed by atoms with Crippen LogP contribution in [0.5, 0.6) is 0 Å². The number of fused-ring (bicyclic) bond motifs is 10. The molecule has 2 heterocycles. The molecule has 0 saturated heterocycles. The van der Waals surface area contributed by atoms with Gasteiger partial charge >= 0.3 is 0 Å². The zero-order valence-corrected chi connectivity index (χ0v) is 34.9. The Morgan fingerprint density at radius 1 is 0.483 bits per heavy atom. The Morgan fingerprint density at radius 2 is 1.10 bits per heavy atom. The second-order valence-corrected chi connectivity index (χ2v) is 20.9. The highest BCUT2D eigenvalue weighted by Gasteiger charge is 2.44. The molecule has 8 aromatic carbocycles. The van der Waals surface area contributed by atoms with Crippen molar-refractivity contribution < 1.29 is 0 Å². The van der Waals surface area contributed by atoms with Gasteiger partial charge in [-0.25, -0.2) is 0 Å². The van der Waals surface area contributed by atoms with E-state index in [2.05, 4.69) is 229 Å². The molecule has 10 aromatic rings. The molecule has 0 unspecified atom stereocenters. The number of hydrogen-bond donors (Lipinski definition) is 0. The van der Waals surface area contributed by atoms with Crippen LogP contribution in [-0.2, 0) is 11.8 Å². The number of aromatic nitrogens is 2. The lowest BCUT2D eigenvalue weighted by atomic mass is 9.82. The molecule has 0 amide bonds. The van der Waals surface area contributed by atoms with E-state index in [-0.39, 0.29) is 5.41 Å². The lowest BCUT2D eigenvalue weighted by Gasteiger charge is -2.35. The van der Waals surface area contributed by atoms with Gasteiger partial charge in [0.15, 0.2) is 8.07 Å². The summed E-state index contributed by atoms with van der Waals surface area (Å²) in [6, 6.07) is 73.3. The Labute approximate surface area is 352 Å². The Hall–Kier alpha value is -6.94. The molecule has 0 saturated carbocycles. The lowest BCUT2D eigenvalue weighted by Crippen LogP contribution is -2.74. The summed E-state index contributed by atoms with van der Waals surface area (Å²) in [6.07, 6.45) is 6.86. The van der Waals surface area contributed by atoms with E-state index >= 15 is 0 Å². The topological polar surface area (TPSA) is 9.86 Å². The molecule has 2 aromatic heterocycles. The van der Waals surface area contributed by atoms with Gasteiger partial charge in [-0.2, -0.15) is 0 Å². The lowest BCUT2D eigenvalue weighted by molar-refractivity contribution is 0.661. The van der Waals surface area contributed by atoms with Crippen LogP contribution in [0, 0.1) is 0 Å². The van der Waals surface area contributed by atoms with Crippen LogP contribution in [0.1, 0.15) is 42.7 Å². The van der Waals surface area contributed by atoms with E-state index in [9.17, 15) is 0 Å². The van der Waals surface area contributed by atoms with Gasteiger partial charge in [0.05, 0.1) is 16.6 Å². The van der Waals surface area contributed by atoms with E-state index in [1.165, 1.54) is 98.3 Å². The summed E-state index contributed by atoms with van der Waals surface area (Å²) in [5, 5.41) is 9.50. The summed E-state index contributed by atoms with van der Waals surface area (Å²) in [5.41, 5.74) is 14.4. The van der Waals surface area contributed by atoms with Crippen molar-refractivity contribution in [3.63, 3.8) is 0 Å². The highest BCUT2D eigenvalue weighted by atomic mass is 28.3. The third-order valence-corrected chi connectivity index (χ3v) is 18.6. The Kier molecular flexibility index (Phi) is 7.76. The van der Waals surface area contributed by atoms with Gasteiger partial charge in [-0.05, 0) is 98.3 Å². The highest BCUT2D eigenvalue weighted by molar-refractivity contribution is 7.20. The first-order valence-corrected chi connectivity index (χ1v) is 23.3. The molecule has 0 N–H and O–H groups in total. The van der Waals surface area contributed by atoms with E-state index in [4.69, 9.17) is 0 Å². The van der Waals surface area contributed by atoms with Gasteiger partial charge in [0.1, 0.15) is 0 Å². The molecule has 2 aliphatic carbocycles. The van der Waals surface area contributed by atoms with Gasteiger partial charge < -0.3 is 9.13 Å². The predicted molar refractivity (Wildman–Crippen MR) is 256 cm³/mol. The number of para-hydroxylation sites is 2. The second-order valence-electron chi connectivity index (χ2n) is 17.1. The Balaban J connectivity index is 1.16. The number of hydrogen-bond acceptors (Lipinski definition) is 0. The van der Waals surface area contributed by atoms with Crippen LogP contribution < -0.4 is 20.7 Å². The SMILES string of the molecule is CC1(C)c2ccccc2-c2c1ccc1c3c(n(-c4ccc([Si](c5ccccc5)(c5ccccc5)c5cccc6c5c5ccccc5n6-c5ccccc5)cc4)c21)C=CCC3. The predicted octanol–water partition coefficient (Wildman–Crippen LogP) is 11.4. The molecular weight excluding hydrogens is 741 g/mol. The second kappa shape index (κ2) is 13.3. The van der Waals surface area contributed by atoms with Crippen LogP contribution in [0.3, 0.4) is 0 Å². The highest BCUT2D eigenvalue weighted by Crippen LogP contribution is 2.53. The maximum absolute atomic E-state index is 2.98. The summed E-state index contributed by atoms with van der Waals surface area (Å²) >= 11 is 0. The zero-order chi connectivity index (χ0) is 40.0. The van der Waals surface area contributed by atoms with Gasteiger partial charge in [0.25, 0.3) is 0 Å². The van der Waals surface area contributed by atoms with Crippen molar-refractivity contribution in [1.29, 1.82) is 0 Å². The fourth-order valence-corrected chi connectivity index (χ4v) is 16.1. The molecule has 12 rings (SSSR count). The summed E-state index contributed by atoms with van der Waals surface area (Å²) in [7, 11) is -2.98. The van der Waals surface area contributed by atoms with Crippen LogP contribution in [-0.4, -0.2) is 17.2 Å². The van der Waals surface area contributed by atoms with Crippen LogP contribution >= 0.6 is 0 Å². The standard InChI is InChI=1S/C57H44N2Si/c1-57(2)48-28-15-12-26-46(48)54-49(57)38-37-45-44-25-13-16-29-50(44)59(56(45)54)40-33-35-43(36-34-40)60(41-21-8-4-9-22-41,42-23-10-5-11-24-42)53-32-18-31-52-55(53)47-27-14-17-30-51(47)58(52)39-19-6-3-7-20-39/h3-12,14-24,26-38H,13,25H2,1-2H3. The fraction of sp³-hybridized carbons (Fsp3) is 0.0877. The van der Waals surface area contributed by atoms with E-state index in [1.807, 2.05) is 0 Å². The molecule has 0 atom stereocenters. The number of benzene rings is 8. The maximum Gasteiger partial charge on any atom is 0.180 e. The van der Waals surface area contributed by atoms with E-state index < -0.39 is 8.07 Å². The van der Waals surface area contributed by atoms with Crippen LogP contribution in [0.4, 0.5) is 0 Å². The minimum Gasteiger partial charge on any atom is -0.309 e. The van der Waals surface area contributed by atoms with Gasteiger partial charge in [-0.1, -0.05) is 178 Å². The Morgan fingerprint density at radius 3 is 1.85 bits per heavy atom. The molecule has 3 heteroatoms. The van der Waals surface area contributed by atoms with Crippen molar-refractivity contribution >= 4 is 67.6 Å². The average molecular weight is 785 g/mol. The monoisotopic (exact) mass is 784 g/mol. The minimum absolute atomic E-state index is 0.0728. The molecule has 0 spiro atoms. The number of aryl methyl sites for hydroxylation is 1. The van der Waals surface area contributed by atoms with Gasteiger partial charge in [-0.15, -0.1) is 0 Å². The quantitative estimate of drug-likeness (QED) is 0.117. The maximum atomic E-state index is 2.59. The van der Waals surface area contributed by atoms with Crippen molar-refractivity contribution in [2.75, 3.05) is 0 Å². The molecule has 286 valence electrons. The van der Waals surface area contributed by atoms with Crippen molar-refractivity contribution in [3.8, 4) is 22.5 Å². The third kappa shape index (κ3) is 4.81. The molecular formula is C57H44N2Si. The van der Waals surface area contributed by atoms with E-state index in [0.717, 1.165) is 12.8 Å². The number of nitrogens with zero attached hydrogens (tertiary/aromatic N) is 2. The summed E-state index contributed by atoms with van der Waals surface area (Å²) in [4.78, 5) is 0. The van der Waals surface area contributed by atoms with Crippen molar-refractivity contribution in [2.45, 2.75) is 32.1 Å². The first-order chi connectivity index (χ1) is 29.6. The summed E-state index contributed by atoms with van der Waals surface area (Å²) in [6.45, 7) is 4.78. The molecule has 2 aliphatic rings. The molecule has 2 nitrogen and oxygen atoms in total. The van der Waals surface area contributed by atoms with E-state index in [0.29, 0.717) is 0 Å². The largest absolute Gasteiger partial charge is 0.309 e. The third-order valence-electron chi connectivity index (χ3n) is 13.7. The van der Waals surface area contributed by atoms with E-state index in [1.54, 1.807) is 0 Å². The van der Waals surface area contributed by atoms with Crippen LogP contribution in [0.2, 0.25) is 0 Å². The van der Waals surface area contributed by atoms with Crippen LogP contribution in [0.15, 0.2) is 200 Å². The minimum atomic E-state index is -2.98. The first kappa shape index (κ1) is 35.0. The van der Waals surface area contributed by atoms with Gasteiger partial charge in [-0.3, -0.25) is 0 Å². The fourth-order valence-electron chi connectivity index (χ4n) is 11.2. The normalized spacial score (nSPS) is 14.1. The smallest absolute Gasteiger partial charge is 0.180 e. The molecule has 60 heavy (non-hydrogen) atoms. The first-order valence-electron chi connectivity index (χ1n) is 21.3. The van der Waals surface area contributed by atoms with Crippen molar-refractivity contribution in [2.24, 2.45) is 0 Å². The van der Waals surface area contributed by atoms with Crippen molar-refractivity contribution in [3.05, 3.63) is 223 Å². The molecule has 0 aliphatic heterocycles. The average Bonchev–Trinajstić information content (AvgIpc) is 3.91. The number of allylic oxidation sites excluding steroid dienone is 1.